The first kappa shape index (κ1) is 16.8. The van der Waals surface area contributed by atoms with Crippen LogP contribution in [-0.2, 0) is 0 Å². The number of aromatic nitrogens is 1. The van der Waals surface area contributed by atoms with Gasteiger partial charge in [0, 0.05) is 23.0 Å². The molecular formula is C20H32N2O. The Morgan fingerprint density at radius 3 is 2.39 bits per heavy atom. The van der Waals surface area contributed by atoms with E-state index in [1.165, 1.54) is 56.3 Å². The molecule has 3 rings (SSSR count). The number of hydrogen-bond acceptors (Lipinski definition) is 2. The summed E-state index contributed by atoms with van der Waals surface area (Å²) < 4.78 is 2.45. The number of hydrogen-bond donors (Lipinski definition) is 0. The van der Waals surface area contributed by atoms with Crippen LogP contribution in [0.5, 0.6) is 0 Å². The second-order valence-electron chi connectivity index (χ2n) is 7.83. The van der Waals surface area contributed by atoms with Crippen LogP contribution in [0.3, 0.4) is 0 Å². The third kappa shape index (κ3) is 3.71. The van der Waals surface area contributed by atoms with Crippen molar-refractivity contribution in [3.8, 4) is 0 Å². The van der Waals surface area contributed by atoms with Gasteiger partial charge in [-0.25, -0.2) is 0 Å². The fourth-order valence-electron chi connectivity index (χ4n) is 4.53. The first-order chi connectivity index (χ1) is 11.1. The van der Waals surface area contributed by atoms with Crippen LogP contribution in [0.4, 0.5) is 0 Å². The topological polar surface area (TPSA) is 25.2 Å². The van der Waals surface area contributed by atoms with E-state index in [2.05, 4.69) is 36.3 Å². The van der Waals surface area contributed by atoms with Crippen LogP contribution < -0.4 is 0 Å². The number of likely N-dealkylation sites (tertiary alicyclic amines) is 1. The summed E-state index contributed by atoms with van der Waals surface area (Å²) in [5.74, 6) is 1.18. The van der Waals surface area contributed by atoms with Gasteiger partial charge in [0.1, 0.15) is 0 Å². The number of rotatable bonds is 4. The first-order valence-corrected chi connectivity index (χ1v) is 9.50. The highest BCUT2D eigenvalue weighted by Gasteiger charge is 2.25. The van der Waals surface area contributed by atoms with Gasteiger partial charge in [-0.1, -0.05) is 13.3 Å². The lowest BCUT2D eigenvalue weighted by atomic mass is 9.87. The standard InChI is InChI=1S/C20H32N2O/c1-15-7-9-18(10-8-15)22-16(2)13-19(17(22)3)20(23)14-21-11-5-4-6-12-21/h13,15,18H,4-12,14H2,1-3H3/t15-,18-. The van der Waals surface area contributed by atoms with Gasteiger partial charge in [0.25, 0.3) is 0 Å². The Morgan fingerprint density at radius 1 is 1.09 bits per heavy atom. The Morgan fingerprint density at radius 2 is 1.74 bits per heavy atom. The predicted molar refractivity (Wildman–Crippen MR) is 95.2 cm³/mol. The van der Waals surface area contributed by atoms with E-state index in [-0.39, 0.29) is 0 Å². The number of Topliss-reactive ketones (excluding diaryl/α,β-unsaturated/α-hetero) is 1. The Balaban J connectivity index is 1.73. The van der Waals surface area contributed by atoms with Gasteiger partial charge < -0.3 is 4.57 Å². The monoisotopic (exact) mass is 316 g/mol. The molecule has 0 N–H and O–H groups in total. The molecule has 0 amide bonds. The van der Waals surface area contributed by atoms with E-state index in [4.69, 9.17) is 0 Å². The summed E-state index contributed by atoms with van der Waals surface area (Å²) in [4.78, 5) is 15.1. The van der Waals surface area contributed by atoms with Gasteiger partial charge in [-0.3, -0.25) is 9.69 Å². The fraction of sp³-hybridized carbons (Fsp3) is 0.750. The minimum absolute atomic E-state index is 0.315. The van der Waals surface area contributed by atoms with Crippen LogP contribution in [-0.4, -0.2) is 34.9 Å². The molecule has 1 aromatic heterocycles. The Hall–Kier alpha value is -1.09. The molecule has 0 unspecified atom stereocenters. The zero-order valence-electron chi connectivity index (χ0n) is 15.1. The van der Waals surface area contributed by atoms with Gasteiger partial charge in [-0.05, 0) is 77.4 Å². The number of nitrogens with zero attached hydrogens (tertiary/aromatic N) is 2. The fourth-order valence-corrected chi connectivity index (χ4v) is 4.53. The van der Waals surface area contributed by atoms with E-state index in [0.29, 0.717) is 18.4 Å². The second-order valence-corrected chi connectivity index (χ2v) is 7.83. The van der Waals surface area contributed by atoms with Gasteiger partial charge in [-0.2, -0.15) is 0 Å². The van der Waals surface area contributed by atoms with Crippen molar-refractivity contribution in [1.82, 2.24) is 9.47 Å². The minimum atomic E-state index is 0.315. The molecule has 3 heteroatoms. The van der Waals surface area contributed by atoms with Crippen LogP contribution in [0.25, 0.3) is 0 Å². The molecule has 128 valence electrons. The molecule has 0 radical (unpaired) electrons. The number of aryl methyl sites for hydroxylation is 1. The zero-order valence-corrected chi connectivity index (χ0v) is 15.1. The Bertz CT molecular complexity index is 546. The summed E-state index contributed by atoms with van der Waals surface area (Å²) in [6, 6.07) is 2.74. The molecule has 23 heavy (non-hydrogen) atoms. The van der Waals surface area contributed by atoms with Crippen molar-refractivity contribution in [2.45, 2.75) is 71.8 Å². The third-order valence-electron chi connectivity index (χ3n) is 5.95. The van der Waals surface area contributed by atoms with Crippen molar-refractivity contribution in [3.63, 3.8) is 0 Å². The van der Waals surface area contributed by atoms with Crippen LogP contribution in [0.1, 0.15) is 79.7 Å². The zero-order chi connectivity index (χ0) is 16.4. The molecule has 0 atom stereocenters. The number of piperidine rings is 1. The average molecular weight is 316 g/mol. The van der Waals surface area contributed by atoms with Gasteiger partial charge in [0.05, 0.1) is 6.54 Å². The molecule has 0 bridgehead atoms. The quantitative estimate of drug-likeness (QED) is 0.763. The molecule has 3 nitrogen and oxygen atoms in total. The largest absolute Gasteiger partial charge is 0.345 e. The smallest absolute Gasteiger partial charge is 0.178 e. The lowest BCUT2D eigenvalue weighted by Gasteiger charge is -2.30. The molecule has 2 aliphatic rings. The van der Waals surface area contributed by atoms with E-state index in [1.54, 1.807) is 0 Å². The SMILES string of the molecule is Cc1cc(C(=O)CN2CCCCC2)c(C)n1[C@H]1CC[C@H](C)CC1. The van der Waals surface area contributed by atoms with E-state index < -0.39 is 0 Å². The Labute approximate surface area is 141 Å². The molecule has 2 heterocycles. The van der Waals surface area contributed by atoms with Crippen molar-refractivity contribution in [2.24, 2.45) is 5.92 Å². The van der Waals surface area contributed by atoms with E-state index in [1.807, 2.05) is 0 Å². The van der Waals surface area contributed by atoms with Crippen molar-refractivity contribution < 1.29 is 4.79 Å². The van der Waals surface area contributed by atoms with Gasteiger partial charge in [-0.15, -0.1) is 0 Å². The maximum absolute atomic E-state index is 12.8. The van der Waals surface area contributed by atoms with Crippen molar-refractivity contribution in [3.05, 3.63) is 23.0 Å². The Kier molecular flexibility index (Phi) is 5.25. The van der Waals surface area contributed by atoms with E-state index >= 15 is 0 Å². The summed E-state index contributed by atoms with van der Waals surface area (Å²) in [7, 11) is 0. The number of ketones is 1. The molecule has 1 saturated carbocycles. The molecule has 0 spiro atoms. The third-order valence-corrected chi connectivity index (χ3v) is 5.95. The van der Waals surface area contributed by atoms with Gasteiger partial charge in [0.15, 0.2) is 5.78 Å². The molecular weight excluding hydrogens is 284 g/mol. The lowest BCUT2D eigenvalue weighted by molar-refractivity contribution is 0.0915. The lowest BCUT2D eigenvalue weighted by Crippen LogP contribution is -2.34. The van der Waals surface area contributed by atoms with E-state index in [0.717, 1.165) is 24.6 Å². The van der Waals surface area contributed by atoms with Crippen LogP contribution >= 0.6 is 0 Å². The molecule has 1 saturated heterocycles. The van der Waals surface area contributed by atoms with Crippen LogP contribution in [0, 0.1) is 19.8 Å². The maximum atomic E-state index is 12.8. The normalized spacial score (nSPS) is 26.4. The second kappa shape index (κ2) is 7.21. The van der Waals surface area contributed by atoms with E-state index in [9.17, 15) is 4.79 Å². The summed E-state index contributed by atoms with van der Waals surface area (Å²) in [6.45, 7) is 9.46. The van der Waals surface area contributed by atoms with Crippen molar-refractivity contribution in [1.29, 1.82) is 0 Å². The molecule has 1 aliphatic heterocycles. The van der Waals surface area contributed by atoms with Gasteiger partial charge >= 0.3 is 0 Å². The van der Waals surface area contributed by atoms with Crippen molar-refractivity contribution in [2.75, 3.05) is 19.6 Å². The van der Waals surface area contributed by atoms with Gasteiger partial charge in [0.2, 0.25) is 0 Å². The molecule has 2 fully saturated rings. The predicted octanol–water partition coefficient (Wildman–Crippen LogP) is 4.52. The summed E-state index contributed by atoms with van der Waals surface area (Å²) in [5.41, 5.74) is 3.43. The summed E-state index contributed by atoms with van der Waals surface area (Å²) in [5, 5.41) is 0. The van der Waals surface area contributed by atoms with Crippen LogP contribution in [0.15, 0.2) is 6.07 Å². The van der Waals surface area contributed by atoms with Crippen molar-refractivity contribution >= 4 is 5.78 Å². The van der Waals surface area contributed by atoms with Crippen LogP contribution in [0.2, 0.25) is 0 Å². The highest BCUT2D eigenvalue weighted by molar-refractivity contribution is 5.99. The number of carbonyl (C=O) groups excluding carboxylic acids is 1. The minimum Gasteiger partial charge on any atom is -0.345 e. The highest BCUT2D eigenvalue weighted by Crippen LogP contribution is 2.34. The number of carbonyl (C=O) groups is 1. The maximum Gasteiger partial charge on any atom is 0.178 e. The first-order valence-electron chi connectivity index (χ1n) is 9.50. The highest BCUT2D eigenvalue weighted by atomic mass is 16.1. The molecule has 1 aromatic rings. The molecule has 1 aliphatic carbocycles. The summed E-state index contributed by atoms with van der Waals surface area (Å²) >= 11 is 0. The summed E-state index contributed by atoms with van der Waals surface area (Å²) in [6.07, 6.45) is 8.96. The average Bonchev–Trinajstić information content (AvgIpc) is 2.84. The molecule has 0 aromatic carbocycles.